The molecule has 2 heterocycles. The van der Waals surface area contributed by atoms with Gasteiger partial charge in [-0.2, -0.15) is 0 Å². The molecule has 21 heavy (non-hydrogen) atoms. The third kappa shape index (κ3) is 3.84. The minimum Gasteiger partial charge on any atom is -0.377 e. The first-order valence-electron chi connectivity index (χ1n) is 7.48. The molecule has 0 radical (unpaired) electrons. The van der Waals surface area contributed by atoms with Crippen LogP contribution in [0.25, 0.3) is 0 Å². The lowest BCUT2D eigenvalue weighted by molar-refractivity contribution is 0.114. The molecule has 2 fully saturated rings. The van der Waals surface area contributed by atoms with Gasteiger partial charge in [0, 0.05) is 30.6 Å². The summed E-state index contributed by atoms with van der Waals surface area (Å²) in [6, 6.07) is 0.572. The summed E-state index contributed by atoms with van der Waals surface area (Å²) in [5, 5.41) is 5.31. The van der Waals surface area contributed by atoms with Gasteiger partial charge in [-0.1, -0.05) is 0 Å². The van der Waals surface area contributed by atoms with E-state index in [1.54, 1.807) is 0 Å². The molecule has 2 aliphatic rings. The smallest absolute Gasteiger partial charge is 0.242 e. The molecule has 7 heteroatoms. The van der Waals surface area contributed by atoms with Gasteiger partial charge in [-0.25, -0.2) is 13.1 Å². The maximum atomic E-state index is 12.6. The Kier molecular flexibility index (Phi) is 4.66. The van der Waals surface area contributed by atoms with Crippen molar-refractivity contribution in [1.82, 2.24) is 10.0 Å². The van der Waals surface area contributed by atoms with Crippen LogP contribution < -0.4 is 10.0 Å². The van der Waals surface area contributed by atoms with Crippen LogP contribution in [0.4, 0.5) is 0 Å². The van der Waals surface area contributed by atoms with Crippen LogP contribution in [-0.4, -0.2) is 33.7 Å². The molecule has 0 aromatic carbocycles. The zero-order valence-corrected chi connectivity index (χ0v) is 13.9. The van der Waals surface area contributed by atoms with Gasteiger partial charge in [0.25, 0.3) is 0 Å². The lowest BCUT2D eigenvalue weighted by Gasteiger charge is -2.13. The number of ether oxygens (including phenoxy) is 1. The molecule has 1 unspecified atom stereocenters. The molecule has 118 valence electrons. The number of hydrogen-bond donors (Lipinski definition) is 2. The van der Waals surface area contributed by atoms with E-state index in [1.165, 1.54) is 24.2 Å². The normalized spacial score (nSPS) is 22.8. The standard InChI is InChI=1S/C14H22N2O3S2/c1-10-9-20-13(8-15-11-4-5-11)14(10)21(17,18)16-7-12-3-2-6-19-12/h9,11-12,15-16H,2-8H2,1H3. The Balaban J connectivity index is 1.68. The monoisotopic (exact) mass is 330 g/mol. The molecule has 1 saturated carbocycles. The van der Waals surface area contributed by atoms with Crippen LogP contribution in [0.15, 0.2) is 10.3 Å². The number of sulfonamides is 1. The van der Waals surface area contributed by atoms with Crippen LogP contribution in [0.1, 0.15) is 36.1 Å². The molecular weight excluding hydrogens is 308 g/mol. The highest BCUT2D eigenvalue weighted by Crippen LogP contribution is 2.28. The molecule has 1 aliphatic heterocycles. The van der Waals surface area contributed by atoms with Crippen LogP contribution in [0.3, 0.4) is 0 Å². The highest BCUT2D eigenvalue weighted by molar-refractivity contribution is 7.89. The van der Waals surface area contributed by atoms with Crippen molar-refractivity contribution < 1.29 is 13.2 Å². The zero-order chi connectivity index (χ0) is 14.9. The molecule has 0 bridgehead atoms. The number of nitrogens with one attached hydrogen (secondary N) is 2. The minimum atomic E-state index is -3.45. The van der Waals surface area contributed by atoms with Crippen molar-refractivity contribution in [2.45, 2.75) is 56.2 Å². The third-order valence-electron chi connectivity index (χ3n) is 3.91. The van der Waals surface area contributed by atoms with E-state index in [4.69, 9.17) is 4.74 Å². The van der Waals surface area contributed by atoms with E-state index in [1.807, 2.05) is 12.3 Å². The van der Waals surface area contributed by atoms with Gasteiger partial charge in [0.2, 0.25) is 10.0 Å². The molecular formula is C14H22N2O3S2. The van der Waals surface area contributed by atoms with E-state index in [2.05, 4.69) is 10.0 Å². The van der Waals surface area contributed by atoms with Gasteiger partial charge in [-0.05, 0) is 43.6 Å². The number of hydrogen-bond acceptors (Lipinski definition) is 5. The molecule has 1 atom stereocenters. The van der Waals surface area contributed by atoms with Crippen LogP contribution in [0.5, 0.6) is 0 Å². The Morgan fingerprint density at radius 3 is 2.86 bits per heavy atom. The Morgan fingerprint density at radius 2 is 2.19 bits per heavy atom. The summed E-state index contributed by atoms with van der Waals surface area (Å²) in [5.41, 5.74) is 0.826. The highest BCUT2D eigenvalue weighted by Gasteiger charge is 2.27. The molecule has 1 aromatic heterocycles. The van der Waals surface area contributed by atoms with Gasteiger partial charge >= 0.3 is 0 Å². The molecule has 3 rings (SSSR count). The average molecular weight is 330 g/mol. The quantitative estimate of drug-likeness (QED) is 0.799. The first-order valence-corrected chi connectivity index (χ1v) is 9.84. The molecule has 1 aromatic rings. The van der Waals surface area contributed by atoms with Crippen LogP contribution in [-0.2, 0) is 21.3 Å². The second-order valence-electron chi connectivity index (χ2n) is 5.81. The van der Waals surface area contributed by atoms with Gasteiger partial charge in [0.05, 0.1) is 6.10 Å². The number of thiophene rings is 1. The summed E-state index contributed by atoms with van der Waals surface area (Å²) < 4.78 is 33.3. The molecule has 1 aliphatic carbocycles. The molecule has 0 spiro atoms. The topological polar surface area (TPSA) is 67.4 Å². The van der Waals surface area contributed by atoms with Crippen LogP contribution >= 0.6 is 11.3 Å². The molecule has 2 N–H and O–H groups in total. The second-order valence-corrected chi connectivity index (χ2v) is 8.48. The Hall–Kier alpha value is -0.470. The van der Waals surface area contributed by atoms with Gasteiger partial charge in [0.15, 0.2) is 0 Å². The van der Waals surface area contributed by atoms with E-state index >= 15 is 0 Å². The van der Waals surface area contributed by atoms with Crippen molar-refractivity contribution in [2.24, 2.45) is 0 Å². The first-order chi connectivity index (χ1) is 10.1. The summed E-state index contributed by atoms with van der Waals surface area (Å²) in [6.07, 6.45) is 4.36. The predicted molar refractivity (Wildman–Crippen MR) is 83.1 cm³/mol. The summed E-state index contributed by atoms with van der Waals surface area (Å²) in [4.78, 5) is 1.36. The van der Waals surface area contributed by atoms with E-state index < -0.39 is 10.0 Å². The lowest BCUT2D eigenvalue weighted by atomic mass is 10.2. The SMILES string of the molecule is Cc1csc(CNC2CC2)c1S(=O)(=O)NCC1CCCO1. The Morgan fingerprint density at radius 1 is 1.38 bits per heavy atom. The van der Waals surface area contributed by atoms with Crippen LogP contribution in [0.2, 0.25) is 0 Å². The fourth-order valence-corrected chi connectivity index (χ4v) is 5.40. The second kappa shape index (κ2) is 6.34. The molecule has 1 saturated heterocycles. The van der Waals surface area contributed by atoms with Crippen molar-refractivity contribution >= 4 is 21.4 Å². The van der Waals surface area contributed by atoms with Crippen LogP contribution in [0, 0.1) is 6.92 Å². The van der Waals surface area contributed by atoms with Crippen molar-refractivity contribution in [3.05, 3.63) is 15.8 Å². The molecule has 0 amide bonds. The van der Waals surface area contributed by atoms with E-state index in [0.717, 1.165) is 29.9 Å². The number of aryl methyl sites for hydroxylation is 1. The highest BCUT2D eigenvalue weighted by atomic mass is 32.2. The van der Waals surface area contributed by atoms with Gasteiger partial charge < -0.3 is 10.1 Å². The predicted octanol–water partition coefficient (Wildman–Crippen LogP) is 1.77. The summed E-state index contributed by atoms with van der Waals surface area (Å²) in [5.74, 6) is 0. The largest absolute Gasteiger partial charge is 0.377 e. The Bertz CT molecular complexity index is 587. The van der Waals surface area contributed by atoms with E-state index in [9.17, 15) is 8.42 Å². The van der Waals surface area contributed by atoms with Gasteiger partial charge in [-0.3, -0.25) is 0 Å². The number of rotatable bonds is 7. The average Bonchev–Trinajstić information content (AvgIpc) is 2.97. The van der Waals surface area contributed by atoms with E-state index in [-0.39, 0.29) is 6.10 Å². The summed E-state index contributed by atoms with van der Waals surface area (Å²) in [6.45, 7) is 3.60. The van der Waals surface area contributed by atoms with Gasteiger partial charge in [0.1, 0.15) is 4.90 Å². The fraction of sp³-hybridized carbons (Fsp3) is 0.714. The van der Waals surface area contributed by atoms with Gasteiger partial charge in [-0.15, -0.1) is 11.3 Å². The maximum absolute atomic E-state index is 12.6. The van der Waals surface area contributed by atoms with Crippen molar-refractivity contribution in [1.29, 1.82) is 0 Å². The van der Waals surface area contributed by atoms with E-state index in [0.29, 0.717) is 24.0 Å². The summed E-state index contributed by atoms with van der Waals surface area (Å²) >= 11 is 1.52. The Labute approximate surface area is 130 Å². The maximum Gasteiger partial charge on any atom is 0.242 e. The molecule has 5 nitrogen and oxygen atoms in total. The van der Waals surface area contributed by atoms with Crippen molar-refractivity contribution in [3.8, 4) is 0 Å². The lowest BCUT2D eigenvalue weighted by Crippen LogP contribution is -2.32. The fourth-order valence-electron chi connectivity index (χ4n) is 2.57. The van der Waals surface area contributed by atoms with Crippen molar-refractivity contribution in [2.75, 3.05) is 13.2 Å². The van der Waals surface area contributed by atoms with Crippen molar-refractivity contribution in [3.63, 3.8) is 0 Å². The third-order valence-corrected chi connectivity index (χ3v) is 6.80. The first kappa shape index (κ1) is 15.4. The summed E-state index contributed by atoms with van der Waals surface area (Å²) in [7, 11) is -3.45. The minimum absolute atomic E-state index is 0.0201. The zero-order valence-electron chi connectivity index (χ0n) is 12.2.